The number of hydrogen-bond donors (Lipinski definition) is 6. The smallest absolute Gasteiger partial charge is 0.462 e. The summed E-state index contributed by atoms with van der Waals surface area (Å²) >= 11 is 0. The maximum atomic E-state index is 12.8. The number of ether oxygens (including phenoxy) is 2. The Morgan fingerprint density at radius 3 is 1.33 bits per heavy atom. The minimum Gasteiger partial charge on any atom is -0.462 e. The van der Waals surface area contributed by atoms with Gasteiger partial charge in [-0.1, -0.05) is 177 Å². The fourth-order valence-corrected chi connectivity index (χ4v) is 7.92. The van der Waals surface area contributed by atoms with Crippen LogP contribution in [0.25, 0.3) is 0 Å². The van der Waals surface area contributed by atoms with Crippen molar-refractivity contribution in [2.24, 2.45) is 0 Å². The lowest BCUT2D eigenvalue weighted by atomic mass is 9.85. The lowest BCUT2D eigenvalue weighted by Gasteiger charge is -2.41. The summed E-state index contributed by atoms with van der Waals surface area (Å²) in [6, 6.07) is 0. The molecule has 14 heteroatoms. The summed E-state index contributed by atoms with van der Waals surface area (Å²) in [5.74, 6) is -1.17. The fourth-order valence-electron chi connectivity index (χ4n) is 6.95. The molecule has 0 spiro atoms. The van der Waals surface area contributed by atoms with Gasteiger partial charge in [0.2, 0.25) is 0 Å². The number of phosphoric ester groups is 1. The third kappa shape index (κ3) is 31.2. The van der Waals surface area contributed by atoms with Gasteiger partial charge in [-0.25, -0.2) is 4.57 Å². The van der Waals surface area contributed by atoms with Crippen LogP contribution >= 0.6 is 7.82 Å². The highest BCUT2D eigenvalue weighted by Gasteiger charge is 2.51. The number of allylic oxidation sites excluding steroid dienone is 10. The summed E-state index contributed by atoms with van der Waals surface area (Å²) in [5.41, 5.74) is 0. The Labute approximate surface area is 379 Å². The molecule has 0 aromatic rings. The van der Waals surface area contributed by atoms with Crippen molar-refractivity contribution in [3.8, 4) is 0 Å². The third-order valence-corrected chi connectivity index (χ3v) is 11.8. The van der Waals surface area contributed by atoms with E-state index in [0.717, 1.165) is 57.8 Å². The monoisotopic (exact) mass is 913 g/mol. The van der Waals surface area contributed by atoms with E-state index in [1.807, 2.05) is 12.2 Å². The van der Waals surface area contributed by atoms with Gasteiger partial charge in [-0.3, -0.25) is 18.6 Å². The number of rotatable bonds is 39. The van der Waals surface area contributed by atoms with E-state index in [4.69, 9.17) is 18.5 Å². The van der Waals surface area contributed by atoms with Gasteiger partial charge in [0.25, 0.3) is 0 Å². The zero-order valence-electron chi connectivity index (χ0n) is 38.6. The van der Waals surface area contributed by atoms with E-state index >= 15 is 0 Å². The Balaban J connectivity index is 2.48. The van der Waals surface area contributed by atoms with Crippen molar-refractivity contribution in [3.05, 3.63) is 60.8 Å². The van der Waals surface area contributed by atoms with Gasteiger partial charge in [0, 0.05) is 12.8 Å². The number of aliphatic hydroxyl groups excluding tert-OH is 5. The summed E-state index contributed by atoms with van der Waals surface area (Å²) in [7, 11) is -5.13. The van der Waals surface area contributed by atoms with Gasteiger partial charge < -0.3 is 39.9 Å². The molecule has 6 N–H and O–H groups in total. The number of phosphoric acid groups is 1. The van der Waals surface area contributed by atoms with E-state index in [1.54, 1.807) is 0 Å². The van der Waals surface area contributed by atoms with E-state index < -0.39 is 75.7 Å². The van der Waals surface area contributed by atoms with Crippen molar-refractivity contribution in [3.63, 3.8) is 0 Å². The average molecular weight is 913 g/mol. The van der Waals surface area contributed by atoms with Crippen LogP contribution < -0.4 is 0 Å². The summed E-state index contributed by atoms with van der Waals surface area (Å²) in [4.78, 5) is 35.7. The molecule has 1 saturated carbocycles. The highest BCUT2D eigenvalue weighted by Crippen LogP contribution is 2.47. The number of aliphatic hydroxyl groups is 5. The van der Waals surface area contributed by atoms with Crippen LogP contribution in [0.4, 0.5) is 0 Å². The van der Waals surface area contributed by atoms with Crippen LogP contribution in [0.5, 0.6) is 0 Å². The number of hydrogen-bond acceptors (Lipinski definition) is 12. The molecular formula is C49H85O13P. The molecule has 13 nitrogen and oxygen atoms in total. The molecule has 1 aliphatic carbocycles. The first kappa shape index (κ1) is 58.6. The van der Waals surface area contributed by atoms with Crippen molar-refractivity contribution >= 4 is 19.8 Å². The van der Waals surface area contributed by atoms with Gasteiger partial charge in [0.1, 0.15) is 43.2 Å². The minimum atomic E-state index is -5.13. The second-order valence-electron chi connectivity index (χ2n) is 16.6. The van der Waals surface area contributed by atoms with Crippen LogP contribution in [-0.4, -0.2) is 98.3 Å². The summed E-state index contributed by atoms with van der Waals surface area (Å²) < 4.78 is 33.5. The first-order valence-electron chi connectivity index (χ1n) is 24.1. The van der Waals surface area contributed by atoms with E-state index in [0.29, 0.717) is 19.3 Å². The lowest BCUT2D eigenvalue weighted by Crippen LogP contribution is -2.64. The maximum absolute atomic E-state index is 12.8. The Hall–Kier alpha value is -2.45. The number of carbonyl (C=O) groups excluding carboxylic acids is 2. The Bertz CT molecular complexity index is 1330. The lowest BCUT2D eigenvalue weighted by molar-refractivity contribution is -0.220. The molecule has 0 aromatic heterocycles. The molecule has 8 atom stereocenters. The van der Waals surface area contributed by atoms with Crippen molar-refractivity contribution in [2.75, 3.05) is 13.2 Å². The molecule has 63 heavy (non-hydrogen) atoms. The molecule has 0 aromatic carbocycles. The van der Waals surface area contributed by atoms with E-state index in [2.05, 4.69) is 62.5 Å². The second kappa shape index (κ2) is 38.8. The van der Waals surface area contributed by atoms with Crippen LogP contribution in [0.3, 0.4) is 0 Å². The largest absolute Gasteiger partial charge is 0.472 e. The standard InChI is InChI=1S/C49H85O13P/c1-3-5-7-9-11-13-15-17-19-20-21-22-24-25-27-29-31-33-35-37-42(50)59-39-41(40-60-63(57,58)62-49-47(55)45(53)44(52)46(54)48(49)56)61-43(51)38-36-34-32-30-28-26-23-18-16-14-12-10-8-6-4-2/h9,11,15,17,20-21,24-25,29,31,41,44-49,52-56H,3-8,10,12-14,16,18-19,22-23,26-28,30,32-40H2,1-2H3,(H,57,58)/b11-9-,17-15-,21-20-,25-24-,31-29-/t41-,44?,45-,46+,47-,48-,49?/m1/s1. The average Bonchev–Trinajstić information content (AvgIpc) is 3.26. The number of unbranched alkanes of at least 4 members (excludes halogenated alkanes) is 17. The van der Waals surface area contributed by atoms with Gasteiger partial charge in [-0.2, -0.15) is 0 Å². The van der Waals surface area contributed by atoms with Gasteiger partial charge in [0.05, 0.1) is 6.61 Å². The fraction of sp³-hybridized carbons (Fsp3) is 0.755. The molecule has 364 valence electrons. The second-order valence-corrected chi connectivity index (χ2v) is 18.0. The van der Waals surface area contributed by atoms with Crippen molar-refractivity contribution in [1.29, 1.82) is 0 Å². The Morgan fingerprint density at radius 2 is 0.873 bits per heavy atom. The van der Waals surface area contributed by atoms with Crippen molar-refractivity contribution < 1.29 is 63.1 Å². The molecule has 1 aliphatic rings. The van der Waals surface area contributed by atoms with Gasteiger partial charge in [-0.05, 0) is 51.4 Å². The van der Waals surface area contributed by atoms with E-state index in [-0.39, 0.29) is 12.8 Å². The first-order chi connectivity index (χ1) is 30.4. The molecule has 0 aliphatic heterocycles. The summed E-state index contributed by atoms with van der Waals surface area (Å²) in [5, 5.41) is 50.2. The van der Waals surface area contributed by atoms with Crippen LogP contribution in [0.1, 0.15) is 181 Å². The SMILES string of the molecule is CCCC/C=C\C/C=C\C/C=C\C/C=C\C/C=C\CCCC(=O)OC[C@H](COP(=O)(O)OC1[C@H](O)[C@H](O)C(O)[C@H](O)[C@H]1O)OC(=O)CCCCCCCCCCCCCCCCC. The highest BCUT2D eigenvalue weighted by atomic mass is 31.2. The Kier molecular flexibility index (Phi) is 36.1. The first-order valence-corrected chi connectivity index (χ1v) is 25.6. The Morgan fingerprint density at radius 1 is 0.492 bits per heavy atom. The number of esters is 2. The molecular weight excluding hydrogens is 827 g/mol. The van der Waals surface area contributed by atoms with Crippen LogP contribution in [-0.2, 0) is 32.7 Å². The van der Waals surface area contributed by atoms with Crippen LogP contribution in [0, 0.1) is 0 Å². The predicted molar refractivity (Wildman–Crippen MR) is 249 cm³/mol. The molecule has 1 rings (SSSR count). The predicted octanol–water partition coefficient (Wildman–Crippen LogP) is 9.73. The van der Waals surface area contributed by atoms with Crippen LogP contribution in [0.15, 0.2) is 60.8 Å². The number of carbonyl (C=O) groups is 2. The molecule has 0 heterocycles. The quantitative estimate of drug-likeness (QED) is 0.0147. The highest BCUT2D eigenvalue weighted by molar-refractivity contribution is 7.47. The zero-order chi connectivity index (χ0) is 46.4. The van der Waals surface area contributed by atoms with Gasteiger partial charge in [-0.15, -0.1) is 0 Å². The van der Waals surface area contributed by atoms with E-state index in [1.165, 1.54) is 77.0 Å². The molecule has 0 amide bonds. The van der Waals surface area contributed by atoms with Crippen molar-refractivity contribution in [1.82, 2.24) is 0 Å². The van der Waals surface area contributed by atoms with E-state index in [9.17, 15) is 44.6 Å². The molecule has 0 bridgehead atoms. The van der Waals surface area contributed by atoms with Crippen molar-refractivity contribution in [2.45, 2.75) is 224 Å². The molecule has 1 fully saturated rings. The normalized spacial score (nSPS) is 22.2. The zero-order valence-corrected chi connectivity index (χ0v) is 39.5. The molecule has 0 saturated heterocycles. The molecule has 0 radical (unpaired) electrons. The van der Waals surface area contributed by atoms with Gasteiger partial charge in [0.15, 0.2) is 6.10 Å². The summed E-state index contributed by atoms with van der Waals surface area (Å²) in [6.45, 7) is 3.21. The third-order valence-electron chi connectivity index (χ3n) is 10.9. The van der Waals surface area contributed by atoms with Gasteiger partial charge >= 0.3 is 19.8 Å². The summed E-state index contributed by atoms with van der Waals surface area (Å²) in [6.07, 6.45) is 34.2. The minimum absolute atomic E-state index is 0.0852. The maximum Gasteiger partial charge on any atom is 0.472 e. The topological polar surface area (TPSA) is 210 Å². The van der Waals surface area contributed by atoms with Crippen LogP contribution in [0.2, 0.25) is 0 Å². The molecule has 3 unspecified atom stereocenters.